The van der Waals surface area contributed by atoms with Gasteiger partial charge in [-0.15, -0.1) is 0 Å². The number of aliphatic hydroxyl groups excluding tert-OH is 1. The van der Waals surface area contributed by atoms with Gasteiger partial charge in [0.1, 0.15) is 5.82 Å². The number of carbonyl (C=O) groups is 1. The van der Waals surface area contributed by atoms with Crippen LogP contribution in [-0.2, 0) is 21.2 Å². The molecule has 3 N–H and O–H groups in total. The standard InChI is InChI=1S/C25H30N6O4S/c1-17-15-26-25(29-24(17)27-20-6-4-5-19(11-20)16-32)28-21-12-22(14-23(13-21)36(3,34)35)31-9-7-30(8-10-31)18(2)33/h4-6,11-15,32H,7-10,16H2,1-3H3,(H2,26,27,28,29). The maximum atomic E-state index is 12.4. The minimum Gasteiger partial charge on any atom is -0.392 e. The van der Waals surface area contributed by atoms with E-state index >= 15 is 0 Å². The monoisotopic (exact) mass is 510 g/mol. The number of piperazine rings is 1. The largest absolute Gasteiger partial charge is 0.392 e. The first kappa shape index (κ1) is 25.4. The molecule has 11 heteroatoms. The molecule has 0 radical (unpaired) electrons. The van der Waals surface area contributed by atoms with E-state index in [1.54, 1.807) is 30.2 Å². The van der Waals surface area contributed by atoms with Crippen LogP contribution < -0.4 is 15.5 Å². The summed E-state index contributed by atoms with van der Waals surface area (Å²) in [6.45, 7) is 5.74. The van der Waals surface area contributed by atoms with Crippen molar-refractivity contribution in [1.29, 1.82) is 0 Å². The first-order chi connectivity index (χ1) is 17.1. The number of aryl methyl sites for hydroxylation is 1. The van der Waals surface area contributed by atoms with E-state index in [1.165, 1.54) is 6.26 Å². The Balaban J connectivity index is 1.60. The minimum atomic E-state index is -3.47. The van der Waals surface area contributed by atoms with Crippen molar-refractivity contribution in [2.75, 3.05) is 48.0 Å². The zero-order valence-electron chi connectivity index (χ0n) is 20.5. The Morgan fingerprint density at radius 3 is 2.47 bits per heavy atom. The SMILES string of the molecule is CC(=O)N1CCN(c2cc(Nc3ncc(C)c(Nc4cccc(CO)c4)n3)cc(S(C)(=O)=O)c2)CC1. The number of aromatic nitrogens is 2. The number of carbonyl (C=O) groups excluding carboxylic acids is 1. The third-order valence-electron chi connectivity index (χ3n) is 6.01. The number of hydrogen-bond acceptors (Lipinski definition) is 9. The van der Waals surface area contributed by atoms with Crippen LogP contribution in [0.25, 0.3) is 0 Å². The maximum Gasteiger partial charge on any atom is 0.229 e. The molecule has 1 aliphatic rings. The molecule has 190 valence electrons. The van der Waals surface area contributed by atoms with Crippen molar-refractivity contribution in [3.63, 3.8) is 0 Å². The van der Waals surface area contributed by atoms with Gasteiger partial charge in [0.25, 0.3) is 0 Å². The van der Waals surface area contributed by atoms with Gasteiger partial charge in [-0.1, -0.05) is 12.1 Å². The van der Waals surface area contributed by atoms with Gasteiger partial charge in [0.05, 0.1) is 11.5 Å². The third-order valence-corrected chi connectivity index (χ3v) is 7.10. The van der Waals surface area contributed by atoms with Gasteiger partial charge < -0.3 is 25.5 Å². The van der Waals surface area contributed by atoms with Crippen LogP contribution in [0.4, 0.5) is 28.8 Å². The summed E-state index contributed by atoms with van der Waals surface area (Å²) in [6, 6.07) is 12.5. The van der Waals surface area contributed by atoms with Gasteiger partial charge in [-0.05, 0) is 42.8 Å². The van der Waals surface area contributed by atoms with Crippen molar-refractivity contribution < 1.29 is 18.3 Å². The maximum absolute atomic E-state index is 12.4. The van der Waals surface area contributed by atoms with Gasteiger partial charge in [0, 0.05) is 68.2 Å². The fourth-order valence-corrected chi connectivity index (χ4v) is 4.65. The van der Waals surface area contributed by atoms with Crippen molar-refractivity contribution in [3.8, 4) is 0 Å². The Labute approximate surface area is 210 Å². The van der Waals surface area contributed by atoms with Crippen molar-refractivity contribution in [2.24, 2.45) is 0 Å². The second-order valence-corrected chi connectivity index (χ2v) is 10.8. The highest BCUT2D eigenvalue weighted by atomic mass is 32.2. The molecule has 1 saturated heterocycles. The van der Waals surface area contributed by atoms with Crippen LogP contribution in [0.3, 0.4) is 0 Å². The van der Waals surface area contributed by atoms with Gasteiger partial charge in [-0.2, -0.15) is 4.98 Å². The number of benzene rings is 2. The Hall–Kier alpha value is -3.70. The molecule has 0 atom stereocenters. The summed E-state index contributed by atoms with van der Waals surface area (Å²) in [4.78, 5) is 24.6. The highest BCUT2D eigenvalue weighted by molar-refractivity contribution is 7.90. The molecule has 1 aromatic heterocycles. The van der Waals surface area contributed by atoms with E-state index in [-0.39, 0.29) is 17.4 Å². The lowest BCUT2D eigenvalue weighted by Gasteiger charge is -2.36. The van der Waals surface area contributed by atoms with Crippen LogP contribution in [0, 0.1) is 6.92 Å². The molecule has 0 bridgehead atoms. The molecule has 0 spiro atoms. The number of nitrogens with zero attached hydrogens (tertiary/aromatic N) is 4. The first-order valence-electron chi connectivity index (χ1n) is 11.6. The summed E-state index contributed by atoms with van der Waals surface area (Å²) in [5.74, 6) is 0.924. The van der Waals surface area contributed by atoms with Gasteiger partial charge in [0.2, 0.25) is 11.9 Å². The first-order valence-corrected chi connectivity index (χ1v) is 13.4. The number of aliphatic hydroxyl groups is 1. The molecule has 0 unspecified atom stereocenters. The van der Waals surface area contributed by atoms with Crippen molar-refractivity contribution in [3.05, 3.63) is 59.8 Å². The Kier molecular flexibility index (Phi) is 7.41. The average molecular weight is 511 g/mol. The van der Waals surface area contributed by atoms with Crippen LogP contribution in [-0.4, -0.2) is 66.7 Å². The molecule has 36 heavy (non-hydrogen) atoms. The summed E-state index contributed by atoms with van der Waals surface area (Å²) in [7, 11) is -3.47. The molecule has 1 amide bonds. The smallest absolute Gasteiger partial charge is 0.229 e. The molecule has 1 fully saturated rings. The molecular formula is C25H30N6O4S. The second-order valence-electron chi connectivity index (χ2n) is 8.81. The summed E-state index contributed by atoms with van der Waals surface area (Å²) in [6.07, 6.45) is 2.85. The van der Waals surface area contributed by atoms with E-state index < -0.39 is 9.84 Å². The summed E-state index contributed by atoms with van der Waals surface area (Å²) in [5, 5.41) is 15.8. The lowest BCUT2D eigenvalue weighted by molar-refractivity contribution is -0.129. The fourth-order valence-electron chi connectivity index (χ4n) is 3.97. The highest BCUT2D eigenvalue weighted by Crippen LogP contribution is 2.28. The summed E-state index contributed by atoms with van der Waals surface area (Å²) in [5.41, 5.74) is 3.66. The minimum absolute atomic E-state index is 0.0333. The lowest BCUT2D eigenvalue weighted by Crippen LogP contribution is -2.48. The number of hydrogen-bond donors (Lipinski definition) is 3. The summed E-state index contributed by atoms with van der Waals surface area (Å²) >= 11 is 0. The van der Waals surface area contributed by atoms with Crippen LogP contribution in [0.1, 0.15) is 18.1 Å². The molecule has 3 aromatic rings. The van der Waals surface area contributed by atoms with E-state index in [2.05, 4.69) is 25.5 Å². The zero-order valence-corrected chi connectivity index (χ0v) is 21.3. The topological polar surface area (TPSA) is 128 Å². The molecule has 1 aliphatic heterocycles. The molecule has 10 nitrogen and oxygen atoms in total. The van der Waals surface area contributed by atoms with Gasteiger partial charge >= 0.3 is 0 Å². The number of sulfone groups is 1. The lowest BCUT2D eigenvalue weighted by atomic mass is 10.2. The number of rotatable bonds is 7. The van der Waals surface area contributed by atoms with E-state index in [1.807, 2.05) is 37.3 Å². The van der Waals surface area contributed by atoms with Crippen LogP contribution >= 0.6 is 0 Å². The van der Waals surface area contributed by atoms with Crippen molar-refractivity contribution in [2.45, 2.75) is 25.3 Å². The van der Waals surface area contributed by atoms with E-state index in [4.69, 9.17) is 0 Å². The summed E-state index contributed by atoms with van der Waals surface area (Å²) < 4.78 is 24.8. The number of amides is 1. The highest BCUT2D eigenvalue weighted by Gasteiger charge is 2.21. The number of anilines is 5. The third kappa shape index (κ3) is 6.10. The Bertz CT molecular complexity index is 1370. The van der Waals surface area contributed by atoms with E-state index in [0.717, 1.165) is 22.5 Å². The van der Waals surface area contributed by atoms with Gasteiger partial charge in [-0.3, -0.25) is 4.79 Å². The van der Waals surface area contributed by atoms with E-state index in [9.17, 15) is 18.3 Å². The van der Waals surface area contributed by atoms with Crippen molar-refractivity contribution in [1.82, 2.24) is 14.9 Å². The van der Waals surface area contributed by atoms with Gasteiger partial charge in [0.15, 0.2) is 9.84 Å². The molecule has 2 aromatic carbocycles. The van der Waals surface area contributed by atoms with Gasteiger partial charge in [-0.25, -0.2) is 13.4 Å². The average Bonchev–Trinajstić information content (AvgIpc) is 2.85. The zero-order chi connectivity index (χ0) is 25.9. The van der Waals surface area contributed by atoms with E-state index in [0.29, 0.717) is 43.6 Å². The predicted molar refractivity (Wildman–Crippen MR) is 140 cm³/mol. The quantitative estimate of drug-likeness (QED) is 0.440. The second kappa shape index (κ2) is 10.5. The van der Waals surface area contributed by atoms with Crippen molar-refractivity contribution >= 4 is 44.6 Å². The fraction of sp³-hybridized carbons (Fsp3) is 0.320. The number of nitrogens with one attached hydrogen (secondary N) is 2. The predicted octanol–water partition coefficient (Wildman–Crippen LogP) is 2.84. The molecule has 2 heterocycles. The molecule has 0 saturated carbocycles. The Morgan fingerprint density at radius 2 is 1.81 bits per heavy atom. The Morgan fingerprint density at radius 1 is 1.06 bits per heavy atom. The molecular weight excluding hydrogens is 480 g/mol. The van der Waals surface area contributed by atoms with Crippen LogP contribution in [0.5, 0.6) is 0 Å². The van der Waals surface area contributed by atoms with Crippen LogP contribution in [0.15, 0.2) is 53.6 Å². The normalized spacial score (nSPS) is 14.0. The molecule has 0 aliphatic carbocycles. The molecule has 4 rings (SSSR count). The van der Waals surface area contributed by atoms with Crippen LogP contribution in [0.2, 0.25) is 0 Å².